The summed E-state index contributed by atoms with van der Waals surface area (Å²) in [5.41, 5.74) is 14.3. The van der Waals surface area contributed by atoms with Crippen LogP contribution in [0.5, 0.6) is 5.75 Å². The molecule has 0 amide bonds. The fourth-order valence-electron chi connectivity index (χ4n) is 3.40. The van der Waals surface area contributed by atoms with Crippen molar-refractivity contribution in [3.05, 3.63) is 29.3 Å². The Balaban J connectivity index is 2.06. The van der Waals surface area contributed by atoms with Crippen molar-refractivity contribution in [3.8, 4) is 23.1 Å². The summed E-state index contributed by atoms with van der Waals surface area (Å²) >= 11 is 0. The Morgan fingerprint density at radius 2 is 1.88 bits per heavy atom. The van der Waals surface area contributed by atoms with Gasteiger partial charge in [-0.25, -0.2) is 4.98 Å². The van der Waals surface area contributed by atoms with Gasteiger partial charge in [0, 0.05) is 12.1 Å². The molecule has 7 nitrogen and oxygen atoms in total. The third-order valence-corrected chi connectivity index (χ3v) is 4.73. The second-order valence-electron chi connectivity index (χ2n) is 6.52. The van der Waals surface area contributed by atoms with Crippen molar-refractivity contribution in [1.82, 2.24) is 14.9 Å². The first-order chi connectivity index (χ1) is 12.6. The number of rotatable bonds is 4. The van der Waals surface area contributed by atoms with Gasteiger partial charge in [0.15, 0.2) is 0 Å². The van der Waals surface area contributed by atoms with E-state index in [1.807, 2.05) is 18.2 Å². The van der Waals surface area contributed by atoms with Gasteiger partial charge in [-0.2, -0.15) is 10.2 Å². The van der Waals surface area contributed by atoms with Crippen LogP contribution in [0.4, 0.5) is 11.8 Å². The summed E-state index contributed by atoms with van der Waals surface area (Å²) in [6.45, 7) is 2.90. The van der Waals surface area contributed by atoms with Gasteiger partial charge in [0.1, 0.15) is 23.2 Å². The summed E-state index contributed by atoms with van der Waals surface area (Å²) in [4.78, 5) is 10.7. The van der Waals surface area contributed by atoms with Gasteiger partial charge in [-0.3, -0.25) is 4.90 Å². The minimum atomic E-state index is 0.0630. The lowest BCUT2D eigenvalue weighted by Gasteiger charge is -2.22. The third-order valence-electron chi connectivity index (χ3n) is 4.73. The molecule has 0 atom stereocenters. The molecule has 0 radical (unpaired) electrons. The van der Waals surface area contributed by atoms with Gasteiger partial charge >= 0.3 is 0 Å². The van der Waals surface area contributed by atoms with E-state index in [0.717, 1.165) is 36.5 Å². The van der Waals surface area contributed by atoms with E-state index >= 15 is 0 Å². The van der Waals surface area contributed by atoms with Crippen LogP contribution in [-0.2, 0) is 6.54 Å². The van der Waals surface area contributed by atoms with Crippen LogP contribution in [0.25, 0.3) is 11.3 Å². The number of hydrogen-bond donors (Lipinski definition) is 2. The maximum absolute atomic E-state index is 9.52. The summed E-state index contributed by atoms with van der Waals surface area (Å²) in [5, 5.41) is 9.52. The fourth-order valence-corrected chi connectivity index (χ4v) is 3.40. The van der Waals surface area contributed by atoms with E-state index in [2.05, 4.69) is 20.9 Å². The number of benzene rings is 1. The number of likely N-dealkylation sites (tertiary alicyclic amines) is 1. The van der Waals surface area contributed by atoms with Crippen molar-refractivity contribution >= 4 is 11.8 Å². The highest BCUT2D eigenvalue weighted by molar-refractivity contribution is 5.75. The zero-order valence-electron chi connectivity index (χ0n) is 15.0. The standard InChI is InChI=1S/C19H24N6O/c1-26-14-6-7-15(17-16(11-20)18(21)24-19(22)23-17)13(10-14)12-25-8-4-2-3-5-9-25/h6-7,10H,2-5,8-9,12H2,1H3,(H4,21,22,23,24). The molecule has 1 aromatic heterocycles. The Bertz CT molecular complexity index is 822. The Morgan fingerprint density at radius 1 is 1.15 bits per heavy atom. The predicted molar refractivity (Wildman–Crippen MR) is 101 cm³/mol. The van der Waals surface area contributed by atoms with Gasteiger partial charge in [0.25, 0.3) is 0 Å². The van der Waals surface area contributed by atoms with Crippen molar-refractivity contribution in [2.45, 2.75) is 32.2 Å². The van der Waals surface area contributed by atoms with E-state index < -0.39 is 0 Å². The normalized spacial score (nSPS) is 15.2. The molecule has 0 saturated carbocycles. The third kappa shape index (κ3) is 3.86. The second kappa shape index (κ2) is 8.02. The molecule has 2 heterocycles. The van der Waals surface area contributed by atoms with E-state index in [1.165, 1.54) is 25.7 Å². The summed E-state index contributed by atoms with van der Waals surface area (Å²) in [7, 11) is 1.64. The molecular weight excluding hydrogens is 328 g/mol. The molecule has 3 rings (SSSR count). The molecule has 136 valence electrons. The molecule has 26 heavy (non-hydrogen) atoms. The quantitative estimate of drug-likeness (QED) is 0.869. The van der Waals surface area contributed by atoms with Gasteiger partial charge in [-0.1, -0.05) is 12.8 Å². The molecule has 1 aliphatic heterocycles. The highest BCUT2D eigenvalue weighted by Gasteiger charge is 2.19. The van der Waals surface area contributed by atoms with Gasteiger partial charge < -0.3 is 16.2 Å². The molecule has 2 aromatic rings. The van der Waals surface area contributed by atoms with Crippen molar-refractivity contribution in [2.75, 3.05) is 31.7 Å². The maximum atomic E-state index is 9.52. The molecule has 4 N–H and O–H groups in total. The Hall–Kier alpha value is -2.85. The summed E-state index contributed by atoms with van der Waals surface area (Å²) in [6, 6.07) is 7.87. The van der Waals surface area contributed by atoms with E-state index in [1.54, 1.807) is 7.11 Å². The number of hydrogen-bond acceptors (Lipinski definition) is 7. The van der Waals surface area contributed by atoms with Gasteiger partial charge in [-0.15, -0.1) is 0 Å². The summed E-state index contributed by atoms with van der Waals surface area (Å²) < 4.78 is 5.40. The molecule has 0 bridgehead atoms. The average Bonchev–Trinajstić information content (AvgIpc) is 2.90. The number of nitriles is 1. The lowest BCUT2D eigenvalue weighted by molar-refractivity contribution is 0.277. The van der Waals surface area contributed by atoms with Crippen molar-refractivity contribution in [3.63, 3.8) is 0 Å². The Morgan fingerprint density at radius 3 is 2.54 bits per heavy atom. The first kappa shape index (κ1) is 18.0. The number of nitrogens with two attached hydrogens (primary N) is 2. The van der Waals surface area contributed by atoms with Gasteiger partial charge in [-0.05, 0) is 49.7 Å². The van der Waals surface area contributed by atoms with Crippen LogP contribution < -0.4 is 16.2 Å². The predicted octanol–water partition coefficient (Wildman–Crippen LogP) is 2.56. The van der Waals surface area contributed by atoms with Crippen molar-refractivity contribution in [1.29, 1.82) is 5.26 Å². The number of aromatic nitrogens is 2. The van der Waals surface area contributed by atoms with Gasteiger partial charge in [0.05, 0.1) is 12.8 Å². The lowest BCUT2D eigenvalue weighted by Crippen LogP contribution is -2.24. The molecule has 7 heteroatoms. The molecule has 1 aliphatic rings. The highest BCUT2D eigenvalue weighted by atomic mass is 16.5. The molecule has 0 aliphatic carbocycles. The first-order valence-corrected chi connectivity index (χ1v) is 8.85. The van der Waals surface area contributed by atoms with E-state index in [4.69, 9.17) is 16.2 Å². The van der Waals surface area contributed by atoms with E-state index in [-0.39, 0.29) is 17.3 Å². The van der Waals surface area contributed by atoms with Crippen LogP contribution in [0, 0.1) is 11.3 Å². The number of methoxy groups -OCH3 is 1. The van der Waals surface area contributed by atoms with Crippen LogP contribution in [0.15, 0.2) is 18.2 Å². The Labute approximate surface area is 153 Å². The van der Waals surface area contributed by atoms with Crippen LogP contribution in [0.3, 0.4) is 0 Å². The van der Waals surface area contributed by atoms with Crippen LogP contribution >= 0.6 is 0 Å². The minimum Gasteiger partial charge on any atom is -0.497 e. The molecule has 1 aromatic carbocycles. The number of nitrogen functional groups attached to an aromatic ring is 2. The minimum absolute atomic E-state index is 0.0630. The number of nitrogens with zero attached hydrogens (tertiary/aromatic N) is 4. The van der Waals surface area contributed by atoms with E-state index in [0.29, 0.717) is 5.69 Å². The zero-order valence-corrected chi connectivity index (χ0v) is 15.0. The monoisotopic (exact) mass is 352 g/mol. The molecular formula is C19H24N6O. The Kier molecular flexibility index (Phi) is 5.54. The van der Waals surface area contributed by atoms with Crippen molar-refractivity contribution in [2.24, 2.45) is 0 Å². The summed E-state index contributed by atoms with van der Waals surface area (Å²) in [5.74, 6) is 0.937. The zero-order chi connectivity index (χ0) is 18.5. The number of ether oxygens (including phenoxy) is 1. The molecule has 0 unspecified atom stereocenters. The topological polar surface area (TPSA) is 114 Å². The number of anilines is 2. The van der Waals surface area contributed by atoms with Crippen LogP contribution in [0.2, 0.25) is 0 Å². The fraction of sp³-hybridized carbons (Fsp3) is 0.421. The average molecular weight is 352 g/mol. The van der Waals surface area contributed by atoms with Crippen LogP contribution in [-0.4, -0.2) is 35.1 Å². The smallest absolute Gasteiger partial charge is 0.222 e. The molecule has 0 spiro atoms. The molecule has 1 fully saturated rings. The first-order valence-electron chi connectivity index (χ1n) is 8.85. The van der Waals surface area contributed by atoms with Crippen LogP contribution in [0.1, 0.15) is 36.8 Å². The summed E-state index contributed by atoms with van der Waals surface area (Å²) in [6.07, 6.45) is 4.96. The lowest BCUT2D eigenvalue weighted by atomic mass is 10.00. The highest BCUT2D eigenvalue weighted by Crippen LogP contribution is 2.32. The van der Waals surface area contributed by atoms with E-state index in [9.17, 15) is 5.26 Å². The van der Waals surface area contributed by atoms with Crippen molar-refractivity contribution < 1.29 is 4.74 Å². The second-order valence-corrected chi connectivity index (χ2v) is 6.52. The SMILES string of the molecule is COc1ccc(-c2nc(N)nc(N)c2C#N)c(CN2CCCCCC2)c1. The maximum Gasteiger partial charge on any atom is 0.222 e. The van der Waals surface area contributed by atoms with Gasteiger partial charge in [0.2, 0.25) is 5.95 Å². The largest absolute Gasteiger partial charge is 0.497 e. The molecule has 1 saturated heterocycles.